The van der Waals surface area contributed by atoms with Crippen molar-refractivity contribution in [3.63, 3.8) is 0 Å². The van der Waals surface area contributed by atoms with Gasteiger partial charge in [0, 0.05) is 22.3 Å². The lowest BCUT2D eigenvalue weighted by atomic mass is 10.1. The van der Waals surface area contributed by atoms with E-state index in [9.17, 15) is 0 Å². The van der Waals surface area contributed by atoms with Gasteiger partial charge < -0.3 is 4.74 Å². The molecule has 2 aromatic carbocycles. The van der Waals surface area contributed by atoms with Gasteiger partial charge in [-0.3, -0.25) is 0 Å². The number of rotatable bonds is 3. The Balaban J connectivity index is 1.90. The highest BCUT2D eigenvalue weighted by Gasteiger charge is 2.12. The first-order valence-electron chi connectivity index (χ1n) is 7.49. The molecule has 0 atom stereocenters. The Morgan fingerprint density at radius 3 is 2.67 bits per heavy atom. The van der Waals surface area contributed by atoms with Gasteiger partial charge in [-0.2, -0.15) is 5.10 Å². The van der Waals surface area contributed by atoms with Crippen molar-refractivity contribution in [2.75, 3.05) is 7.11 Å². The predicted octanol–water partition coefficient (Wildman–Crippen LogP) is 4.73. The van der Waals surface area contributed by atoms with Crippen molar-refractivity contribution in [3.05, 3.63) is 72.0 Å². The summed E-state index contributed by atoms with van der Waals surface area (Å²) >= 11 is 6.11. The summed E-state index contributed by atoms with van der Waals surface area (Å²) in [6.45, 7) is 0. The van der Waals surface area contributed by atoms with Crippen molar-refractivity contribution in [1.82, 2.24) is 14.6 Å². The molecule has 0 saturated carbocycles. The first-order valence-corrected chi connectivity index (χ1v) is 7.87. The highest BCUT2D eigenvalue weighted by molar-refractivity contribution is 6.30. The van der Waals surface area contributed by atoms with Crippen LogP contribution in [0.3, 0.4) is 0 Å². The zero-order valence-electron chi connectivity index (χ0n) is 13.0. The van der Waals surface area contributed by atoms with Gasteiger partial charge in [-0.25, -0.2) is 9.50 Å². The van der Waals surface area contributed by atoms with Crippen molar-refractivity contribution in [2.24, 2.45) is 0 Å². The molecule has 0 N–H and O–H groups in total. The molecule has 0 radical (unpaired) electrons. The van der Waals surface area contributed by atoms with Crippen molar-refractivity contribution in [3.8, 4) is 28.1 Å². The van der Waals surface area contributed by atoms with Gasteiger partial charge in [0.15, 0.2) is 5.65 Å². The maximum atomic E-state index is 6.11. The second-order valence-electron chi connectivity index (χ2n) is 5.37. The topological polar surface area (TPSA) is 39.4 Å². The normalized spacial score (nSPS) is 10.9. The quantitative estimate of drug-likeness (QED) is 0.543. The molecule has 0 fully saturated rings. The first kappa shape index (κ1) is 14.7. The van der Waals surface area contributed by atoms with Crippen molar-refractivity contribution in [1.29, 1.82) is 0 Å². The highest BCUT2D eigenvalue weighted by atomic mass is 35.5. The Morgan fingerprint density at radius 2 is 1.83 bits per heavy atom. The average Bonchev–Trinajstić information content (AvgIpc) is 3.06. The molecule has 118 valence electrons. The van der Waals surface area contributed by atoms with Crippen LogP contribution in [0.2, 0.25) is 5.02 Å². The van der Waals surface area contributed by atoms with Gasteiger partial charge in [0.05, 0.1) is 19.0 Å². The number of nitrogens with zero attached hydrogens (tertiary/aromatic N) is 3. The van der Waals surface area contributed by atoms with E-state index in [1.54, 1.807) is 13.3 Å². The number of hydrogen-bond donors (Lipinski definition) is 0. The van der Waals surface area contributed by atoms with Crippen LogP contribution in [-0.2, 0) is 0 Å². The van der Waals surface area contributed by atoms with Gasteiger partial charge in [0.1, 0.15) is 5.75 Å². The molecule has 0 amide bonds. The maximum Gasteiger partial charge on any atom is 0.163 e. The number of ether oxygens (including phenoxy) is 1. The number of fused-ring (bicyclic) bond motifs is 1. The smallest absolute Gasteiger partial charge is 0.163 e. The molecule has 4 rings (SSSR count). The van der Waals surface area contributed by atoms with Crippen LogP contribution in [-0.4, -0.2) is 21.7 Å². The fraction of sp³-hybridized carbons (Fsp3) is 0.0526. The van der Waals surface area contributed by atoms with E-state index in [0.29, 0.717) is 5.02 Å². The summed E-state index contributed by atoms with van der Waals surface area (Å²) in [5.41, 5.74) is 4.70. The molecule has 0 unspecified atom stereocenters. The Kier molecular flexibility index (Phi) is 3.67. The zero-order valence-corrected chi connectivity index (χ0v) is 13.7. The average molecular weight is 336 g/mol. The van der Waals surface area contributed by atoms with E-state index in [1.165, 1.54) is 0 Å². The third-order valence-corrected chi connectivity index (χ3v) is 4.14. The van der Waals surface area contributed by atoms with E-state index >= 15 is 0 Å². The molecule has 2 heterocycles. The Morgan fingerprint density at radius 1 is 1.00 bits per heavy atom. The van der Waals surface area contributed by atoms with Crippen molar-refractivity contribution >= 4 is 17.2 Å². The lowest BCUT2D eigenvalue weighted by Crippen LogP contribution is -1.96. The summed E-state index contributed by atoms with van der Waals surface area (Å²) in [7, 11) is 1.66. The van der Waals surface area contributed by atoms with E-state index in [0.717, 1.165) is 33.8 Å². The third kappa shape index (κ3) is 2.51. The number of halogens is 1. The van der Waals surface area contributed by atoms with Gasteiger partial charge in [-0.05, 0) is 35.9 Å². The van der Waals surface area contributed by atoms with E-state index < -0.39 is 0 Å². The molecule has 5 heteroatoms. The predicted molar refractivity (Wildman–Crippen MR) is 95.4 cm³/mol. The van der Waals surface area contributed by atoms with E-state index in [4.69, 9.17) is 16.3 Å². The highest BCUT2D eigenvalue weighted by Crippen LogP contribution is 2.29. The molecule has 0 aliphatic carbocycles. The van der Waals surface area contributed by atoms with E-state index in [1.807, 2.05) is 65.3 Å². The Bertz CT molecular complexity index is 1030. The van der Waals surface area contributed by atoms with Gasteiger partial charge >= 0.3 is 0 Å². The fourth-order valence-electron chi connectivity index (χ4n) is 2.75. The zero-order chi connectivity index (χ0) is 16.5. The molecule has 0 aliphatic rings. The Labute approximate surface area is 144 Å². The minimum atomic E-state index is 0.691. The monoisotopic (exact) mass is 335 g/mol. The second kappa shape index (κ2) is 5.98. The summed E-state index contributed by atoms with van der Waals surface area (Å²) in [6.07, 6.45) is 3.61. The molecule has 4 aromatic rings. The van der Waals surface area contributed by atoms with Gasteiger partial charge in [0.2, 0.25) is 0 Å². The summed E-state index contributed by atoms with van der Waals surface area (Å²) in [4.78, 5) is 4.50. The number of benzene rings is 2. The largest absolute Gasteiger partial charge is 0.497 e. The minimum Gasteiger partial charge on any atom is -0.497 e. The van der Waals surface area contributed by atoms with E-state index in [-0.39, 0.29) is 0 Å². The molecule has 0 bridgehead atoms. The van der Waals surface area contributed by atoms with E-state index in [2.05, 4.69) is 10.1 Å². The molecule has 2 aromatic heterocycles. The summed E-state index contributed by atoms with van der Waals surface area (Å²) < 4.78 is 7.15. The molecular formula is C19H14ClN3O. The number of hydrogen-bond acceptors (Lipinski definition) is 3. The number of methoxy groups -OCH3 is 1. The van der Waals surface area contributed by atoms with Crippen LogP contribution in [0, 0.1) is 0 Å². The van der Waals surface area contributed by atoms with Crippen LogP contribution >= 0.6 is 11.6 Å². The molecule has 0 spiro atoms. The lowest BCUT2D eigenvalue weighted by Gasteiger charge is -2.07. The van der Waals surface area contributed by atoms with Gasteiger partial charge in [0.25, 0.3) is 0 Å². The SMILES string of the molecule is COc1cccc(-c2ccnc3c(-c4cccc(Cl)c4)cnn23)c1. The van der Waals surface area contributed by atoms with Crippen LogP contribution in [0.4, 0.5) is 0 Å². The third-order valence-electron chi connectivity index (χ3n) is 3.90. The van der Waals surface area contributed by atoms with Crippen LogP contribution in [0.25, 0.3) is 28.0 Å². The van der Waals surface area contributed by atoms with Gasteiger partial charge in [-0.1, -0.05) is 35.9 Å². The van der Waals surface area contributed by atoms with Crippen LogP contribution in [0.1, 0.15) is 0 Å². The molecule has 0 aliphatic heterocycles. The van der Waals surface area contributed by atoms with Crippen LogP contribution in [0.15, 0.2) is 67.0 Å². The Hall–Kier alpha value is -2.85. The maximum absolute atomic E-state index is 6.11. The van der Waals surface area contributed by atoms with Crippen molar-refractivity contribution < 1.29 is 4.74 Å². The second-order valence-corrected chi connectivity index (χ2v) is 5.80. The molecule has 0 saturated heterocycles. The van der Waals surface area contributed by atoms with Crippen LogP contribution in [0.5, 0.6) is 5.75 Å². The summed E-state index contributed by atoms with van der Waals surface area (Å²) in [6, 6.07) is 17.5. The summed E-state index contributed by atoms with van der Waals surface area (Å²) in [5, 5.41) is 5.22. The minimum absolute atomic E-state index is 0.691. The standard InChI is InChI=1S/C19H14ClN3O/c1-24-16-7-3-5-14(11-16)18-8-9-21-19-17(12-22-23(18)19)13-4-2-6-15(20)10-13/h2-12H,1H3. The molecular weight excluding hydrogens is 322 g/mol. The first-order chi connectivity index (χ1) is 11.8. The lowest BCUT2D eigenvalue weighted by molar-refractivity contribution is 0.415. The van der Waals surface area contributed by atoms with Crippen molar-refractivity contribution in [2.45, 2.75) is 0 Å². The molecule has 4 nitrogen and oxygen atoms in total. The van der Waals surface area contributed by atoms with Gasteiger partial charge in [-0.15, -0.1) is 0 Å². The molecule has 24 heavy (non-hydrogen) atoms. The number of aromatic nitrogens is 3. The van der Waals surface area contributed by atoms with Crippen LogP contribution < -0.4 is 4.74 Å². The fourth-order valence-corrected chi connectivity index (χ4v) is 2.94. The summed E-state index contributed by atoms with van der Waals surface area (Å²) in [5.74, 6) is 0.805.